The van der Waals surface area contributed by atoms with Gasteiger partial charge in [0.05, 0.1) is 27.8 Å². The zero-order chi connectivity index (χ0) is 19.0. The highest BCUT2D eigenvalue weighted by Gasteiger charge is 2.32. The van der Waals surface area contributed by atoms with Crippen LogP contribution in [0.15, 0.2) is 18.2 Å². The lowest BCUT2D eigenvalue weighted by molar-refractivity contribution is -0.135. The number of hydrogen-bond acceptors (Lipinski definition) is 5. The molecule has 0 saturated heterocycles. The van der Waals surface area contributed by atoms with Gasteiger partial charge in [0.2, 0.25) is 5.75 Å². The number of fused-ring (bicyclic) bond motifs is 1. The molecule has 138 valence electrons. The first kappa shape index (κ1) is 18.4. The summed E-state index contributed by atoms with van der Waals surface area (Å²) in [5.74, 6) is 1.65. The van der Waals surface area contributed by atoms with E-state index in [1.54, 1.807) is 21.3 Å². The molecule has 1 unspecified atom stereocenters. The van der Waals surface area contributed by atoms with Crippen LogP contribution in [0, 0.1) is 13.8 Å². The van der Waals surface area contributed by atoms with Crippen molar-refractivity contribution in [3.63, 3.8) is 0 Å². The third kappa shape index (κ3) is 2.97. The molecule has 26 heavy (non-hydrogen) atoms. The van der Waals surface area contributed by atoms with Gasteiger partial charge in [-0.05, 0) is 48.7 Å². The summed E-state index contributed by atoms with van der Waals surface area (Å²) in [6.45, 7) is 3.84. The summed E-state index contributed by atoms with van der Waals surface area (Å²) in [4.78, 5) is 12.2. The standard InChI is InChI=1S/C20H21ClO5/c1-10-6-14-18(11(2)19(10)21)13(9-17(22)26-14)12-7-15(23-3)20(25-5)16(8-12)24-4/h6-8,13H,9H2,1-5H3. The molecule has 0 spiro atoms. The Balaban J connectivity index is 2.23. The summed E-state index contributed by atoms with van der Waals surface area (Å²) >= 11 is 6.46. The average Bonchev–Trinajstić information content (AvgIpc) is 2.63. The van der Waals surface area contributed by atoms with Crippen molar-refractivity contribution in [3.8, 4) is 23.0 Å². The number of esters is 1. The molecule has 2 aromatic rings. The summed E-state index contributed by atoms with van der Waals surface area (Å²) in [5.41, 5.74) is 3.57. The summed E-state index contributed by atoms with van der Waals surface area (Å²) < 4.78 is 21.8. The largest absolute Gasteiger partial charge is 0.493 e. The molecular formula is C20H21ClO5. The SMILES string of the molecule is COc1cc(C2CC(=O)Oc3cc(C)c(Cl)c(C)c32)cc(OC)c1OC. The van der Waals surface area contributed by atoms with Crippen LogP contribution in [0.4, 0.5) is 0 Å². The number of aryl methyl sites for hydroxylation is 1. The molecule has 0 amide bonds. The molecule has 0 bridgehead atoms. The van der Waals surface area contributed by atoms with E-state index in [2.05, 4.69) is 0 Å². The van der Waals surface area contributed by atoms with Gasteiger partial charge in [0.1, 0.15) is 5.75 Å². The van der Waals surface area contributed by atoms with Crippen LogP contribution in [-0.4, -0.2) is 27.3 Å². The summed E-state index contributed by atoms with van der Waals surface area (Å²) in [7, 11) is 4.69. The molecule has 0 radical (unpaired) electrons. The minimum absolute atomic E-state index is 0.210. The van der Waals surface area contributed by atoms with Crippen LogP contribution in [0.5, 0.6) is 23.0 Å². The fourth-order valence-corrected chi connectivity index (χ4v) is 3.63. The number of methoxy groups -OCH3 is 3. The van der Waals surface area contributed by atoms with Crippen LogP contribution in [0.2, 0.25) is 5.02 Å². The Hall–Kier alpha value is -2.40. The monoisotopic (exact) mass is 376 g/mol. The van der Waals surface area contributed by atoms with E-state index in [4.69, 9.17) is 30.5 Å². The molecule has 5 nitrogen and oxygen atoms in total. The van der Waals surface area contributed by atoms with Crippen molar-refractivity contribution in [2.24, 2.45) is 0 Å². The number of hydrogen-bond donors (Lipinski definition) is 0. The smallest absolute Gasteiger partial charge is 0.312 e. The predicted molar refractivity (Wildman–Crippen MR) is 99.1 cm³/mol. The average molecular weight is 377 g/mol. The molecule has 2 aromatic carbocycles. The van der Waals surface area contributed by atoms with Gasteiger partial charge in [0, 0.05) is 16.5 Å². The number of benzene rings is 2. The van der Waals surface area contributed by atoms with Gasteiger partial charge in [-0.15, -0.1) is 0 Å². The van der Waals surface area contributed by atoms with Crippen LogP contribution < -0.4 is 18.9 Å². The van der Waals surface area contributed by atoms with Gasteiger partial charge in [0.15, 0.2) is 11.5 Å². The highest BCUT2D eigenvalue weighted by Crippen LogP contribution is 2.47. The molecular weight excluding hydrogens is 356 g/mol. The van der Waals surface area contributed by atoms with Crippen LogP contribution in [-0.2, 0) is 4.79 Å². The number of carbonyl (C=O) groups excluding carboxylic acids is 1. The van der Waals surface area contributed by atoms with Gasteiger partial charge in [-0.2, -0.15) is 0 Å². The highest BCUT2D eigenvalue weighted by atomic mass is 35.5. The van der Waals surface area contributed by atoms with Crippen molar-refractivity contribution in [1.29, 1.82) is 0 Å². The Morgan fingerprint density at radius 3 is 2.19 bits per heavy atom. The maximum Gasteiger partial charge on any atom is 0.312 e. The molecule has 6 heteroatoms. The highest BCUT2D eigenvalue weighted by molar-refractivity contribution is 6.32. The van der Waals surface area contributed by atoms with E-state index in [0.717, 1.165) is 22.3 Å². The van der Waals surface area contributed by atoms with Gasteiger partial charge in [0.25, 0.3) is 0 Å². The summed E-state index contributed by atoms with van der Waals surface area (Å²) in [6.07, 6.45) is 0.214. The molecule has 1 atom stereocenters. The van der Waals surface area contributed by atoms with Crippen LogP contribution in [0.1, 0.15) is 34.6 Å². The Kier molecular flexibility index (Phi) is 5.01. The minimum Gasteiger partial charge on any atom is -0.493 e. The second kappa shape index (κ2) is 7.08. The quantitative estimate of drug-likeness (QED) is 0.584. The van der Waals surface area contributed by atoms with Crippen LogP contribution >= 0.6 is 11.6 Å². The molecule has 1 heterocycles. The van der Waals surface area contributed by atoms with Gasteiger partial charge in [-0.25, -0.2) is 0 Å². The topological polar surface area (TPSA) is 54.0 Å². The first-order chi connectivity index (χ1) is 12.4. The Morgan fingerprint density at radius 2 is 1.65 bits per heavy atom. The van der Waals surface area contributed by atoms with Crippen LogP contribution in [0.25, 0.3) is 0 Å². The number of carbonyl (C=O) groups is 1. The van der Waals surface area contributed by atoms with Gasteiger partial charge >= 0.3 is 5.97 Å². The van der Waals surface area contributed by atoms with Crippen molar-refractivity contribution >= 4 is 17.6 Å². The summed E-state index contributed by atoms with van der Waals surface area (Å²) in [5, 5.41) is 0.680. The molecule has 0 saturated carbocycles. The van der Waals surface area contributed by atoms with Crippen LogP contribution in [0.3, 0.4) is 0 Å². The van der Waals surface area contributed by atoms with E-state index in [1.807, 2.05) is 32.0 Å². The first-order valence-corrected chi connectivity index (χ1v) is 8.59. The number of rotatable bonds is 4. The molecule has 0 fully saturated rings. The van der Waals surface area contributed by atoms with Crippen molar-refractivity contribution in [1.82, 2.24) is 0 Å². The van der Waals surface area contributed by atoms with Gasteiger partial charge < -0.3 is 18.9 Å². The lowest BCUT2D eigenvalue weighted by atomic mass is 9.83. The normalized spacial score (nSPS) is 15.9. The Morgan fingerprint density at radius 1 is 1.04 bits per heavy atom. The van der Waals surface area contributed by atoms with Crippen molar-refractivity contribution in [3.05, 3.63) is 45.5 Å². The lowest BCUT2D eigenvalue weighted by Gasteiger charge is -2.28. The third-order valence-corrected chi connectivity index (χ3v) is 5.31. The minimum atomic E-state index is -0.280. The maximum absolute atomic E-state index is 12.2. The van der Waals surface area contributed by atoms with E-state index < -0.39 is 0 Å². The second-order valence-corrected chi connectivity index (χ2v) is 6.61. The Bertz CT molecular complexity index is 850. The second-order valence-electron chi connectivity index (χ2n) is 6.23. The molecule has 1 aliphatic heterocycles. The maximum atomic E-state index is 12.2. The van der Waals surface area contributed by atoms with Gasteiger partial charge in [-0.3, -0.25) is 4.79 Å². The summed E-state index contributed by atoms with van der Waals surface area (Å²) in [6, 6.07) is 5.54. The van der Waals surface area contributed by atoms with E-state index >= 15 is 0 Å². The number of ether oxygens (including phenoxy) is 4. The first-order valence-electron chi connectivity index (χ1n) is 8.21. The van der Waals surface area contributed by atoms with E-state index in [0.29, 0.717) is 28.0 Å². The molecule has 0 aliphatic carbocycles. The van der Waals surface area contributed by atoms with Crippen molar-refractivity contribution in [2.45, 2.75) is 26.2 Å². The molecule has 0 N–H and O–H groups in total. The van der Waals surface area contributed by atoms with E-state index in [-0.39, 0.29) is 18.3 Å². The molecule has 1 aliphatic rings. The number of halogens is 1. The van der Waals surface area contributed by atoms with E-state index in [9.17, 15) is 4.79 Å². The molecule has 3 rings (SSSR count). The zero-order valence-corrected chi connectivity index (χ0v) is 16.2. The lowest BCUT2D eigenvalue weighted by Crippen LogP contribution is -2.22. The van der Waals surface area contributed by atoms with E-state index in [1.165, 1.54) is 0 Å². The fourth-order valence-electron chi connectivity index (χ4n) is 3.47. The zero-order valence-electron chi connectivity index (χ0n) is 15.4. The predicted octanol–water partition coefficient (Wildman–Crippen LogP) is 4.42. The fraction of sp³-hybridized carbons (Fsp3) is 0.350. The molecule has 0 aromatic heterocycles. The Labute approximate surface area is 157 Å². The van der Waals surface area contributed by atoms with Gasteiger partial charge in [-0.1, -0.05) is 11.6 Å². The van der Waals surface area contributed by atoms with Crippen molar-refractivity contribution in [2.75, 3.05) is 21.3 Å². The third-order valence-electron chi connectivity index (χ3n) is 4.72. The van der Waals surface area contributed by atoms with Crippen molar-refractivity contribution < 1.29 is 23.7 Å².